The zero-order valence-corrected chi connectivity index (χ0v) is 21.6. The highest BCUT2D eigenvalue weighted by molar-refractivity contribution is 9.10. The van der Waals surface area contributed by atoms with E-state index in [-0.39, 0.29) is 12.4 Å². The molecule has 2 aromatic rings. The van der Waals surface area contributed by atoms with Crippen LogP contribution in [0.3, 0.4) is 0 Å². The minimum absolute atomic E-state index is 0.213. The zero-order chi connectivity index (χ0) is 24.6. The molecule has 0 amide bonds. The van der Waals surface area contributed by atoms with Crippen molar-refractivity contribution in [1.82, 2.24) is 4.98 Å². The molecule has 1 unspecified atom stereocenters. The quantitative estimate of drug-likeness (QED) is 0.547. The Morgan fingerprint density at radius 3 is 2.71 bits per heavy atom. The van der Waals surface area contributed by atoms with Crippen molar-refractivity contribution in [3.63, 3.8) is 0 Å². The molecule has 0 saturated carbocycles. The van der Waals surface area contributed by atoms with E-state index in [2.05, 4.69) is 26.2 Å². The first-order valence-corrected chi connectivity index (χ1v) is 12.2. The molecule has 0 spiro atoms. The van der Waals surface area contributed by atoms with Gasteiger partial charge in [0.2, 0.25) is 0 Å². The average molecular weight is 531 g/mol. The Balaban J connectivity index is 0.00000158. The third kappa shape index (κ3) is 6.49. The van der Waals surface area contributed by atoms with Crippen molar-refractivity contribution < 1.29 is 19.0 Å². The van der Waals surface area contributed by atoms with E-state index in [0.29, 0.717) is 32.0 Å². The molecule has 8 nitrogen and oxygen atoms in total. The summed E-state index contributed by atoms with van der Waals surface area (Å²) in [6, 6.07) is 11.2. The van der Waals surface area contributed by atoms with Gasteiger partial charge in [-0.25, -0.2) is 0 Å². The Hall–Kier alpha value is -2.62. The number of hydrogen-bond donors (Lipinski definition) is 1. The van der Waals surface area contributed by atoms with Gasteiger partial charge in [0.1, 0.15) is 11.9 Å². The highest BCUT2D eigenvalue weighted by Gasteiger charge is 2.32. The van der Waals surface area contributed by atoms with E-state index in [1.807, 2.05) is 57.2 Å². The summed E-state index contributed by atoms with van der Waals surface area (Å²) in [6.45, 7) is 7.26. The molecular formula is C25H31BrN4O4. The third-order valence-electron chi connectivity index (χ3n) is 5.29. The first-order chi connectivity index (χ1) is 16.5. The Morgan fingerprint density at radius 2 is 2.03 bits per heavy atom. The van der Waals surface area contributed by atoms with Crippen LogP contribution in [0.1, 0.15) is 44.9 Å². The minimum Gasteiger partial charge on any atom is -0.469 e. The molecule has 1 aromatic carbocycles. The van der Waals surface area contributed by atoms with Crippen LogP contribution in [-0.4, -0.2) is 61.2 Å². The van der Waals surface area contributed by atoms with Crippen LogP contribution in [0, 0.1) is 0 Å². The lowest BCUT2D eigenvalue weighted by Crippen LogP contribution is -2.33. The van der Waals surface area contributed by atoms with Crippen molar-refractivity contribution in [2.75, 3.05) is 32.2 Å². The van der Waals surface area contributed by atoms with E-state index in [1.54, 1.807) is 6.20 Å². The second kappa shape index (κ2) is 12.2. The van der Waals surface area contributed by atoms with Gasteiger partial charge in [-0.3, -0.25) is 19.8 Å². The molecule has 2 aliphatic heterocycles. The maximum absolute atomic E-state index is 11.9. The predicted molar refractivity (Wildman–Crippen MR) is 137 cm³/mol. The number of nitrogens with one attached hydrogen (secondary N) is 1. The standard InChI is InChI=1S/C23H25BrN4O4.C2H6/c1-23(31-11-12-32-23)14-26-22-19(8-9-20(29)30-2)27-21(18-5-3-4-10-25-18)16-13-15(24)6-7-17(16)28-22;1-2/h3-7,10,13,19H,8-9,11-12,14H2,1-2H3,(H,26,28);1-2H3. The molecule has 1 saturated heterocycles. The number of carbonyl (C=O) groups is 1. The lowest BCUT2D eigenvalue weighted by molar-refractivity contribution is -0.140. The normalized spacial score (nSPS) is 19.7. The number of rotatable bonds is 6. The summed E-state index contributed by atoms with van der Waals surface area (Å²) >= 11 is 3.56. The Morgan fingerprint density at radius 1 is 1.26 bits per heavy atom. The highest BCUT2D eigenvalue weighted by Crippen LogP contribution is 2.29. The smallest absolute Gasteiger partial charge is 0.305 e. The summed E-state index contributed by atoms with van der Waals surface area (Å²) in [6.07, 6.45) is 2.38. The number of amidine groups is 1. The molecule has 2 aliphatic rings. The lowest BCUT2D eigenvalue weighted by atomic mass is 10.0. The monoisotopic (exact) mass is 530 g/mol. The van der Waals surface area contributed by atoms with Crippen molar-refractivity contribution in [2.24, 2.45) is 9.98 Å². The molecule has 1 aromatic heterocycles. The molecule has 9 heteroatoms. The predicted octanol–water partition coefficient (Wildman–Crippen LogP) is 4.62. The molecule has 3 heterocycles. The van der Waals surface area contributed by atoms with Gasteiger partial charge in [0.05, 0.1) is 38.3 Å². The largest absolute Gasteiger partial charge is 0.469 e. The summed E-state index contributed by atoms with van der Waals surface area (Å²) in [7, 11) is 1.38. The van der Waals surface area contributed by atoms with Crippen LogP contribution < -0.4 is 5.32 Å². The third-order valence-corrected chi connectivity index (χ3v) is 5.79. The Labute approximate surface area is 209 Å². The van der Waals surface area contributed by atoms with Crippen LogP contribution >= 0.6 is 15.9 Å². The summed E-state index contributed by atoms with van der Waals surface area (Å²) < 4.78 is 17.2. The molecular weight excluding hydrogens is 500 g/mol. The van der Waals surface area contributed by atoms with Gasteiger partial charge in [-0.1, -0.05) is 35.8 Å². The van der Waals surface area contributed by atoms with Crippen LogP contribution in [0.5, 0.6) is 0 Å². The summed E-state index contributed by atoms with van der Waals surface area (Å²) in [5.41, 5.74) is 3.22. The molecule has 0 radical (unpaired) electrons. The number of benzene rings is 1. The Bertz CT molecular complexity index is 1040. The number of nitrogens with zero attached hydrogens (tertiary/aromatic N) is 3. The first kappa shape index (κ1) is 26.0. The minimum atomic E-state index is -0.774. The van der Waals surface area contributed by atoms with Gasteiger partial charge in [0.25, 0.3) is 0 Å². The SMILES string of the molecule is CC.COC(=O)CCC1N=C(c2ccccn2)c2cc(Br)ccc2NC1=NCC1(C)OCCO1. The number of aliphatic imine (C=N–C) groups is 2. The molecule has 0 bridgehead atoms. The van der Waals surface area contributed by atoms with Gasteiger partial charge >= 0.3 is 5.97 Å². The first-order valence-electron chi connectivity index (χ1n) is 11.4. The van der Waals surface area contributed by atoms with E-state index < -0.39 is 11.8 Å². The summed E-state index contributed by atoms with van der Waals surface area (Å²) in [5.74, 6) is -0.425. The maximum Gasteiger partial charge on any atom is 0.305 e. The molecule has 182 valence electrons. The van der Waals surface area contributed by atoms with Crippen LogP contribution in [0.15, 0.2) is 57.1 Å². The average Bonchev–Trinajstić information content (AvgIpc) is 3.24. The molecule has 4 rings (SSSR count). The van der Waals surface area contributed by atoms with Crippen LogP contribution in [0.4, 0.5) is 5.69 Å². The second-order valence-electron chi connectivity index (χ2n) is 7.67. The van der Waals surface area contributed by atoms with Crippen molar-refractivity contribution in [3.8, 4) is 0 Å². The molecule has 1 atom stereocenters. The molecule has 1 N–H and O–H groups in total. The van der Waals surface area contributed by atoms with Gasteiger partial charge in [0.15, 0.2) is 5.79 Å². The number of pyridine rings is 1. The lowest BCUT2D eigenvalue weighted by Gasteiger charge is -2.22. The molecule has 1 fully saturated rings. The van der Waals surface area contributed by atoms with Crippen LogP contribution in [0.2, 0.25) is 0 Å². The number of carbonyl (C=O) groups excluding carboxylic acids is 1. The second-order valence-corrected chi connectivity index (χ2v) is 8.59. The van der Waals surface area contributed by atoms with Crippen LogP contribution in [0.25, 0.3) is 0 Å². The van der Waals surface area contributed by atoms with Crippen molar-refractivity contribution in [3.05, 3.63) is 58.3 Å². The van der Waals surface area contributed by atoms with Crippen molar-refractivity contribution in [1.29, 1.82) is 0 Å². The number of fused-ring (bicyclic) bond motifs is 1. The maximum atomic E-state index is 11.9. The van der Waals surface area contributed by atoms with Gasteiger partial charge in [-0.05, 0) is 43.7 Å². The molecule has 34 heavy (non-hydrogen) atoms. The fraction of sp³-hybridized carbons (Fsp3) is 0.440. The number of anilines is 1. The van der Waals surface area contributed by atoms with Gasteiger partial charge in [0, 0.05) is 28.3 Å². The number of methoxy groups -OCH3 is 1. The Kier molecular flexibility index (Phi) is 9.32. The number of hydrogen-bond acceptors (Lipinski definition) is 7. The topological polar surface area (TPSA) is 94.4 Å². The zero-order valence-electron chi connectivity index (χ0n) is 20.0. The van der Waals surface area contributed by atoms with Gasteiger partial charge < -0.3 is 19.5 Å². The van der Waals surface area contributed by atoms with Crippen LogP contribution in [-0.2, 0) is 19.0 Å². The van der Waals surface area contributed by atoms with E-state index in [0.717, 1.165) is 27.1 Å². The summed E-state index contributed by atoms with van der Waals surface area (Å²) in [5, 5.41) is 3.44. The number of benzodiazepines with no additional fused rings is 1. The fourth-order valence-electron chi connectivity index (χ4n) is 3.62. The van der Waals surface area contributed by atoms with E-state index in [1.165, 1.54) is 7.11 Å². The van der Waals surface area contributed by atoms with E-state index in [9.17, 15) is 4.79 Å². The highest BCUT2D eigenvalue weighted by atomic mass is 79.9. The van der Waals surface area contributed by atoms with Gasteiger partial charge in [-0.2, -0.15) is 0 Å². The number of ether oxygens (including phenoxy) is 3. The number of aromatic nitrogens is 1. The van der Waals surface area contributed by atoms with Gasteiger partial charge in [-0.15, -0.1) is 0 Å². The van der Waals surface area contributed by atoms with Crippen molar-refractivity contribution >= 4 is 39.1 Å². The summed E-state index contributed by atoms with van der Waals surface area (Å²) in [4.78, 5) is 26.2. The van der Waals surface area contributed by atoms with Crippen molar-refractivity contribution in [2.45, 2.75) is 45.4 Å². The number of esters is 1. The van der Waals surface area contributed by atoms with E-state index >= 15 is 0 Å². The number of halogens is 1. The molecule has 0 aliphatic carbocycles. The fourth-order valence-corrected chi connectivity index (χ4v) is 3.98. The van der Waals surface area contributed by atoms with E-state index in [4.69, 9.17) is 24.2 Å².